The van der Waals surface area contributed by atoms with Crippen molar-refractivity contribution in [2.45, 2.75) is 59.7 Å². The van der Waals surface area contributed by atoms with Gasteiger partial charge >= 0.3 is 5.97 Å². The Balaban J connectivity index is 1.54. The van der Waals surface area contributed by atoms with E-state index in [1.54, 1.807) is 6.07 Å². The van der Waals surface area contributed by atoms with Crippen molar-refractivity contribution < 1.29 is 13.9 Å². The molecule has 0 aromatic heterocycles. The van der Waals surface area contributed by atoms with E-state index in [9.17, 15) is 4.79 Å². The van der Waals surface area contributed by atoms with Gasteiger partial charge in [-0.15, -0.1) is 0 Å². The van der Waals surface area contributed by atoms with Crippen LogP contribution in [-0.2, 0) is 22.5 Å². The second-order valence-electron chi connectivity index (χ2n) is 10.6. The van der Waals surface area contributed by atoms with Crippen LogP contribution >= 0.6 is 11.6 Å². The molecule has 0 radical (unpaired) electrons. The van der Waals surface area contributed by atoms with E-state index in [0.717, 1.165) is 39.1 Å². The molecule has 0 bridgehead atoms. The molecule has 0 aliphatic carbocycles. The number of halogens is 2. The average molecular weight is 567 g/mol. The van der Waals surface area contributed by atoms with E-state index in [4.69, 9.17) is 16.3 Å². The molecule has 6 nitrogen and oxygen atoms in total. The zero-order valence-electron chi connectivity index (χ0n) is 24.2. The number of carbonyl (C=O) groups excluding carboxylic acids is 1. The van der Waals surface area contributed by atoms with Gasteiger partial charge < -0.3 is 20.3 Å². The van der Waals surface area contributed by atoms with E-state index >= 15 is 4.39 Å². The summed E-state index contributed by atoms with van der Waals surface area (Å²) in [7, 11) is 0. The van der Waals surface area contributed by atoms with Gasteiger partial charge in [0, 0.05) is 65.3 Å². The highest BCUT2D eigenvalue weighted by molar-refractivity contribution is 6.30. The number of nitrogens with zero attached hydrogens (tertiary/aromatic N) is 2. The maximum Gasteiger partial charge on any atom is 0.320 e. The first kappa shape index (κ1) is 29.7. The summed E-state index contributed by atoms with van der Waals surface area (Å²) in [5, 5.41) is 7.53. The van der Waals surface area contributed by atoms with E-state index in [-0.39, 0.29) is 30.4 Å². The average Bonchev–Trinajstić information content (AvgIpc) is 2.90. The molecule has 2 unspecified atom stereocenters. The minimum absolute atomic E-state index is 0.0568. The molecular formula is C32H40ClFN4O2. The normalized spacial score (nSPS) is 19.0. The Kier molecular flexibility index (Phi) is 9.26. The minimum Gasteiger partial charge on any atom is -0.465 e. The number of fused-ring (bicyclic) bond motifs is 1. The zero-order valence-corrected chi connectivity index (χ0v) is 24.9. The molecule has 1 fully saturated rings. The van der Waals surface area contributed by atoms with Crippen molar-refractivity contribution in [3.05, 3.63) is 88.0 Å². The summed E-state index contributed by atoms with van der Waals surface area (Å²) >= 11 is 6.10. The van der Waals surface area contributed by atoms with Crippen molar-refractivity contribution in [3.63, 3.8) is 0 Å². The van der Waals surface area contributed by atoms with E-state index in [0.29, 0.717) is 49.1 Å². The van der Waals surface area contributed by atoms with Crippen LogP contribution in [0, 0.1) is 12.7 Å². The summed E-state index contributed by atoms with van der Waals surface area (Å²) in [6.45, 7) is 21.0. The number of nitrogens with one attached hydrogen (secondary N) is 2. The molecule has 2 N–H and O–H groups in total. The van der Waals surface area contributed by atoms with Gasteiger partial charge in [0.05, 0.1) is 24.5 Å². The van der Waals surface area contributed by atoms with Gasteiger partial charge in [-0.2, -0.15) is 0 Å². The third kappa shape index (κ3) is 6.06. The first-order valence-corrected chi connectivity index (χ1v) is 14.3. The van der Waals surface area contributed by atoms with Gasteiger partial charge in [0.15, 0.2) is 0 Å². The lowest BCUT2D eigenvalue weighted by molar-refractivity contribution is -0.145. The summed E-state index contributed by atoms with van der Waals surface area (Å²) in [6.07, 6.45) is 2.55. The lowest BCUT2D eigenvalue weighted by atomic mass is 9.89. The Bertz CT molecular complexity index is 1340. The number of piperazine rings is 1. The fourth-order valence-electron chi connectivity index (χ4n) is 5.79. The molecule has 4 rings (SSSR count). The molecule has 2 aliphatic rings. The molecule has 0 saturated carbocycles. The van der Waals surface area contributed by atoms with Crippen molar-refractivity contribution in [1.82, 2.24) is 10.2 Å². The summed E-state index contributed by atoms with van der Waals surface area (Å²) in [5.74, 6) is -0.498. The van der Waals surface area contributed by atoms with Crippen molar-refractivity contribution >= 4 is 34.5 Å². The first-order chi connectivity index (χ1) is 19.0. The van der Waals surface area contributed by atoms with Crippen molar-refractivity contribution in [3.8, 4) is 0 Å². The van der Waals surface area contributed by atoms with E-state index < -0.39 is 0 Å². The van der Waals surface area contributed by atoms with Crippen LogP contribution < -0.4 is 15.5 Å². The number of rotatable bonds is 9. The van der Waals surface area contributed by atoms with E-state index in [1.165, 1.54) is 0 Å². The van der Waals surface area contributed by atoms with Gasteiger partial charge in [0.25, 0.3) is 0 Å². The number of benzene rings is 2. The fourth-order valence-corrected chi connectivity index (χ4v) is 6.02. The Morgan fingerprint density at radius 2 is 1.93 bits per heavy atom. The molecule has 0 spiro atoms. The van der Waals surface area contributed by atoms with Crippen LogP contribution in [0.5, 0.6) is 0 Å². The van der Waals surface area contributed by atoms with Crippen LogP contribution in [0.3, 0.4) is 0 Å². The molecule has 2 atom stereocenters. The van der Waals surface area contributed by atoms with Crippen LogP contribution in [0.4, 0.5) is 15.8 Å². The SMILES string of the molecule is C=C(NCc1ccc(Cl)cc1C)C1=CNc2c(cc(F)c(N3CC(C)N(CC(=O)OCC)C(C)C3)c2CC)C1=C. The van der Waals surface area contributed by atoms with Crippen LogP contribution in [0.25, 0.3) is 5.57 Å². The highest BCUT2D eigenvalue weighted by Crippen LogP contribution is 2.43. The predicted octanol–water partition coefficient (Wildman–Crippen LogP) is 6.44. The molecule has 0 amide bonds. The Labute approximate surface area is 242 Å². The van der Waals surface area contributed by atoms with Crippen molar-refractivity contribution in [1.29, 1.82) is 0 Å². The molecule has 2 aromatic rings. The molecule has 1 saturated heterocycles. The van der Waals surface area contributed by atoms with Crippen LogP contribution in [-0.4, -0.2) is 49.2 Å². The third-order valence-corrected chi connectivity index (χ3v) is 8.11. The Hall–Kier alpha value is -3.29. The molecule has 214 valence electrons. The number of allylic oxidation sites excluding steroid dienone is 1. The van der Waals surface area contributed by atoms with Crippen molar-refractivity contribution in [2.75, 3.05) is 36.5 Å². The Morgan fingerprint density at radius 1 is 1.23 bits per heavy atom. The first-order valence-electron chi connectivity index (χ1n) is 13.9. The van der Waals surface area contributed by atoms with Crippen LogP contribution in [0.2, 0.25) is 5.02 Å². The van der Waals surface area contributed by atoms with Crippen LogP contribution in [0.15, 0.2) is 54.9 Å². The number of hydrogen-bond acceptors (Lipinski definition) is 6. The third-order valence-electron chi connectivity index (χ3n) is 7.88. The highest BCUT2D eigenvalue weighted by atomic mass is 35.5. The molecule has 8 heteroatoms. The van der Waals surface area contributed by atoms with Gasteiger partial charge in [-0.1, -0.05) is 37.7 Å². The largest absolute Gasteiger partial charge is 0.465 e. The lowest BCUT2D eigenvalue weighted by Gasteiger charge is -2.45. The minimum atomic E-state index is -0.270. The summed E-state index contributed by atoms with van der Waals surface area (Å²) < 4.78 is 21.1. The van der Waals surface area contributed by atoms with Gasteiger partial charge in [-0.25, -0.2) is 4.39 Å². The summed E-state index contributed by atoms with van der Waals surface area (Å²) in [6, 6.07) is 7.51. The number of anilines is 2. The predicted molar refractivity (Wildman–Crippen MR) is 163 cm³/mol. The van der Waals surface area contributed by atoms with E-state index in [1.807, 2.05) is 45.2 Å². The van der Waals surface area contributed by atoms with Gasteiger partial charge in [-0.3, -0.25) is 9.69 Å². The standard InChI is InChI=1S/C32H40ClFN4O2/c1-8-26-31-27(22(6)28(15-36-31)23(7)35-14-24-10-11-25(33)12-19(24)3)13-29(34)32(26)37-16-20(4)38(21(5)17-37)18-30(39)40-9-2/h10-13,15,20-21,35-36H,6-9,14,16-18H2,1-5H3. The van der Waals surface area contributed by atoms with Gasteiger partial charge in [-0.05, 0) is 69.0 Å². The highest BCUT2D eigenvalue weighted by Gasteiger charge is 2.34. The maximum atomic E-state index is 16.0. The second kappa shape index (κ2) is 12.5. The summed E-state index contributed by atoms with van der Waals surface area (Å²) in [5.41, 5.74) is 7.61. The molecule has 2 heterocycles. The number of aryl methyl sites for hydroxylation is 1. The quantitative estimate of drug-likeness (QED) is 0.341. The number of hydrogen-bond donors (Lipinski definition) is 2. The van der Waals surface area contributed by atoms with Gasteiger partial charge in [0.2, 0.25) is 0 Å². The zero-order chi connectivity index (χ0) is 29.1. The molecule has 2 aromatic carbocycles. The molecule has 2 aliphatic heterocycles. The second-order valence-corrected chi connectivity index (χ2v) is 11.1. The van der Waals surface area contributed by atoms with Crippen molar-refractivity contribution in [2.24, 2.45) is 0 Å². The number of carbonyl (C=O) groups is 1. The number of esters is 1. The summed E-state index contributed by atoms with van der Waals surface area (Å²) in [4.78, 5) is 16.4. The lowest BCUT2D eigenvalue weighted by Crippen LogP contribution is -2.58. The monoisotopic (exact) mass is 566 g/mol. The van der Waals surface area contributed by atoms with Gasteiger partial charge in [0.1, 0.15) is 5.82 Å². The topological polar surface area (TPSA) is 56.8 Å². The fraction of sp³-hybridized carbons (Fsp3) is 0.406. The maximum absolute atomic E-state index is 16.0. The molecular weight excluding hydrogens is 527 g/mol. The Morgan fingerprint density at radius 3 is 2.55 bits per heavy atom. The van der Waals surface area contributed by atoms with Crippen LogP contribution in [0.1, 0.15) is 49.9 Å². The van der Waals surface area contributed by atoms with E-state index in [2.05, 4.69) is 47.4 Å². The smallest absolute Gasteiger partial charge is 0.320 e. The molecule has 40 heavy (non-hydrogen) atoms. The number of ether oxygens (including phenoxy) is 1.